The van der Waals surface area contributed by atoms with Gasteiger partial charge in [0.25, 0.3) is 0 Å². The van der Waals surface area contributed by atoms with Crippen molar-refractivity contribution in [3.63, 3.8) is 0 Å². The molecule has 1 aromatic rings. The molecule has 0 aromatic heterocycles. The van der Waals surface area contributed by atoms with Gasteiger partial charge in [-0.2, -0.15) is 0 Å². The van der Waals surface area contributed by atoms with Crippen LogP contribution in [-0.2, 0) is 0 Å². The molecule has 0 unspecified atom stereocenters. The Bertz CT molecular complexity index is 343. The number of carbonyl (C=O) groups excluding carboxylic acids is 1. The summed E-state index contributed by atoms with van der Waals surface area (Å²) in [5.74, 6) is 0.740. The average molecular weight is 206 g/mol. The predicted octanol–water partition coefficient (Wildman–Crippen LogP) is 3.29. The Morgan fingerprint density at radius 2 is 2.07 bits per heavy atom. The minimum Gasteiger partial charge on any atom is -0.493 e. The number of ether oxygens (including phenoxy) is 1. The van der Waals surface area contributed by atoms with E-state index >= 15 is 0 Å². The zero-order valence-corrected chi connectivity index (χ0v) is 9.67. The molecule has 1 rings (SSSR count). The number of benzene rings is 1. The van der Waals surface area contributed by atoms with Crippen molar-refractivity contribution in [3.05, 3.63) is 28.8 Å². The SMILES string of the molecule is CCCCOc1c(C)cc(C)cc1C=O. The molecular weight excluding hydrogens is 188 g/mol. The summed E-state index contributed by atoms with van der Waals surface area (Å²) in [7, 11) is 0. The van der Waals surface area contributed by atoms with E-state index in [1.165, 1.54) is 0 Å². The van der Waals surface area contributed by atoms with Gasteiger partial charge in [-0.05, 0) is 37.5 Å². The fourth-order valence-corrected chi connectivity index (χ4v) is 1.59. The molecule has 0 atom stereocenters. The van der Waals surface area contributed by atoms with Crippen molar-refractivity contribution in [2.45, 2.75) is 33.6 Å². The summed E-state index contributed by atoms with van der Waals surface area (Å²) in [5.41, 5.74) is 2.79. The number of hydrogen-bond donors (Lipinski definition) is 0. The molecule has 0 aliphatic carbocycles. The maximum absolute atomic E-state index is 10.9. The van der Waals surface area contributed by atoms with Crippen LogP contribution in [0.4, 0.5) is 0 Å². The summed E-state index contributed by atoms with van der Waals surface area (Å²) in [6.07, 6.45) is 2.98. The van der Waals surface area contributed by atoms with Gasteiger partial charge in [-0.25, -0.2) is 0 Å². The fraction of sp³-hybridized carbons (Fsp3) is 0.462. The van der Waals surface area contributed by atoms with Crippen LogP contribution in [0.25, 0.3) is 0 Å². The van der Waals surface area contributed by atoms with E-state index in [0.717, 1.165) is 36.0 Å². The van der Waals surface area contributed by atoms with Gasteiger partial charge >= 0.3 is 0 Å². The molecule has 2 heteroatoms. The van der Waals surface area contributed by atoms with Crippen molar-refractivity contribution in [1.82, 2.24) is 0 Å². The number of aldehydes is 1. The Labute approximate surface area is 91.3 Å². The lowest BCUT2D eigenvalue weighted by atomic mass is 10.1. The zero-order chi connectivity index (χ0) is 11.3. The third kappa shape index (κ3) is 3.08. The lowest BCUT2D eigenvalue weighted by Gasteiger charge is -2.11. The minimum atomic E-state index is 0.656. The lowest BCUT2D eigenvalue weighted by molar-refractivity contribution is 0.111. The van der Waals surface area contributed by atoms with Gasteiger partial charge in [0.2, 0.25) is 0 Å². The average Bonchev–Trinajstić information content (AvgIpc) is 2.20. The van der Waals surface area contributed by atoms with Crippen molar-refractivity contribution in [3.8, 4) is 5.75 Å². The number of hydrogen-bond acceptors (Lipinski definition) is 2. The molecule has 0 bridgehead atoms. The highest BCUT2D eigenvalue weighted by molar-refractivity contribution is 5.80. The summed E-state index contributed by atoms with van der Waals surface area (Å²) in [4.78, 5) is 10.9. The summed E-state index contributed by atoms with van der Waals surface area (Å²) >= 11 is 0. The second-order valence-corrected chi connectivity index (χ2v) is 3.82. The maximum Gasteiger partial charge on any atom is 0.153 e. The van der Waals surface area contributed by atoms with Gasteiger partial charge in [-0.3, -0.25) is 4.79 Å². The smallest absolute Gasteiger partial charge is 0.153 e. The highest BCUT2D eigenvalue weighted by Crippen LogP contribution is 2.24. The summed E-state index contributed by atoms with van der Waals surface area (Å²) in [5, 5.41) is 0. The van der Waals surface area contributed by atoms with Crippen molar-refractivity contribution < 1.29 is 9.53 Å². The molecule has 0 saturated carbocycles. The lowest BCUT2D eigenvalue weighted by Crippen LogP contribution is -2.02. The van der Waals surface area contributed by atoms with Gasteiger partial charge in [0, 0.05) is 0 Å². The molecule has 82 valence electrons. The molecular formula is C13H18O2. The summed E-state index contributed by atoms with van der Waals surface area (Å²) in [6, 6.07) is 3.90. The van der Waals surface area contributed by atoms with Gasteiger partial charge in [0.05, 0.1) is 12.2 Å². The van der Waals surface area contributed by atoms with Crippen LogP contribution in [0.15, 0.2) is 12.1 Å². The van der Waals surface area contributed by atoms with Crippen LogP contribution in [0.2, 0.25) is 0 Å². The first-order valence-corrected chi connectivity index (χ1v) is 5.38. The summed E-state index contributed by atoms with van der Waals surface area (Å²) < 4.78 is 5.62. The van der Waals surface area contributed by atoms with E-state index < -0.39 is 0 Å². The quantitative estimate of drug-likeness (QED) is 0.546. The maximum atomic E-state index is 10.9. The first-order valence-electron chi connectivity index (χ1n) is 5.38. The van der Waals surface area contributed by atoms with Crippen molar-refractivity contribution in [1.29, 1.82) is 0 Å². The van der Waals surface area contributed by atoms with Crippen LogP contribution < -0.4 is 4.74 Å². The van der Waals surface area contributed by atoms with E-state index in [2.05, 4.69) is 6.92 Å². The number of rotatable bonds is 5. The van der Waals surface area contributed by atoms with E-state index in [1.807, 2.05) is 26.0 Å². The van der Waals surface area contributed by atoms with Crippen LogP contribution in [0.1, 0.15) is 41.3 Å². The fourth-order valence-electron chi connectivity index (χ4n) is 1.59. The molecule has 15 heavy (non-hydrogen) atoms. The van der Waals surface area contributed by atoms with Crippen LogP contribution in [-0.4, -0.2) is 12.9 Å². The van der Waals surface area contributed by atoms with Gasteiger partial charge < -0.3 is 4.74 Å². The minimum absolute atomic E-state index is 0.656. The zero-order valence-electron chi connectivity index (χ0n) is 9.67. The second-order valence-electron chi connectivity index (χ2n) is 3.82. The normalized spacial score (nSPS) is 10.1. The van der Waals surface area contributed by atoms with Crippen LogP contribution in [0.3, 0.4) is 0 Å². The van der Waals surface area contributed by atoms with Crippen LogP contribution in [0, 0.1) is 13.8 Å². The first kappa shape index (κ1) is 11.8. The van der Waals surface area contributed by atoms with Gasteiger partial charge in [-0.1, -0.05) is 19.4 Å². The highest BCUT2D eigenvalue weighted by Gasteiger charge is 2.07. The van der Waals surface area contributed by atoms with E-state index in [9.17, 15) is 4.79 Å². The van der Waals surface area contributed by atoms with Crippen LogP contribution in [0.5, 0.6) is 5.75 Å². The van der Waals surface area contributed by atoms with Crippen molar-refractivity contribution in [2.24, 2.45) is 0 Å². The third-order valence-corrected chi connectivity index (χ3v) is 2.32. The monoisotopic (exact) mass is 206 g/mol. The Hall–Kier alpha value is -1.31. The van der Waals surface area contributed by atoms with E-state index in [1.54, 1.807) is 0 Å². The second kappa shape index (κ2) is 5.54. The Kier molecular flexibility index (Phi) is 4.35. The molecule has 0 spiro atoms. The molecule has 0 aliphatic heterocycles. The molecule has 0 fully saturated rings. The number of carbonyl (C=O) groups is 1. The summed E-state index contributed by atoms with van der Waals surface area (Å²) in [6.45, 7) is 6.75. The number of aryl methyl sites for hydroxylation is 2. The van der Waals surface area contributed by atoms with Gasteiger partial charge in [0.1, 0.15) is 5.75 Å². The third-order valence-electron chi connectivity index (χ3n) is 2.32. The topological polar surface area (TPSA) is 26.3 Å². The predicted molar refractivity (Wildman–Crippen MR) is 61.7 cm³/mol. The highest BCUT2D eigenvalue weighted by atomic mass is 16.5. The molecule has 0 aliphatic rings. The standard InChI is InChI=1S/C13H18O2/c1-4-5-6-15-13-11(3)7-10(2)8-12(13)9-14/h7-9H,4-6H2,1-3H3. The molecule has 1 aromatic carbocycles. The van der Waals surface area contributed by atoms with Crippen molar-refractivity contribution >= 4 is 6.29 Å². The molecule has 0 radical (unpaired) electrons. The van der Waals surface area contributed by atoms with E-state index in [-0.39, 0.29) is 0 Å². The molecule has 0 amide bonds. The number of unbranched alkanes of at least 4 members (excludes halogenated alkanes) is 1. The van der Waals surface area contributed by atoms with E-state index in [4.69, 9.17) is 4.74 Å². The Morgan fingerprint density at radius 3 is 2.67 bits per heavy atom. The molecule has 0 N–H and O–H groups in total. The molecule has 0 saturated heterocycles. The molecule has 0 heterocycles. The Balaban J connectivity index is 2.89. The van der Waals surface area contributed by atoms with Crippen LogP contribution >= 0.6 is 0 Å². The first-order chi connectivity index (χ1) is 7.19. The van der Waals surface area contributed by atoms with Gasteiger partial charge in [0.15, 0.2) is 6.29 Å². The van der Waals surface area contributed by atoms with Gasteiger partial charge in [-0.15, -0.1) is 0 Å². The molecule has 2 nitrogen and oxygen atoms in total. The van der Waals surface area contributed by atoms with E-state index in [0.29, 0.717) is 12.2 Å². The van der Waals surface area contributed by atoms with Crippen molar-refractivity contribution in [2.75, 3.05) is 6.61 Å². The Morgan fingerprint density at radius 1 is 1.33 bits per heavy atom. The largest absolute Gasteiger partial charge is 0.493 e.